The van der Waals surface area contributed by atoms with E-state index >= 15 is 0 Å². The van der Waals surface area contributed by atoms with E-state index < -0.39 is 17.2 Å². The van der Waals surface area contributed by atoms with Crippen LogP contribution in [0.4, 0.5) is 0 Å². The molecule has 0 radical (unpaired) electrons. The van der Waals surface area contributed by atoms with Crippen molar-refractivity contribution in [1.82, 2.24) is 0 Å². The Bertz CT molecular complexity index is 801. The number of carboxylic acids is 1. The zero-order valence-electron chi connectivity index (χ0n) is 22.1. The van der Waals surface area contributed by atoms with Crippen LogP contribution in [0.1, 0.15) is 112 Å². The molecule has 194 valence electrons. The van der Waals surface area contributed by atoms with Gasteiger partial charge in [-0.25, -0.2) is 0 Å². The summed E-state index contributed by atoms with van der Waals surface area (Å²) in [4.78, 5) is 23.6. The van der Waals surface area contributed by atoms with E-state index in [1.807, 2.05) is 0 Å². The Morgan fingerprint density at radius 1 is 0.971 bits per heavy atom. The van der Waals surface area contributed by atoms with Crippen molar-refractivity contribution in [3.8, 4) is 0 Å². The minimum Gasteiger partial charge on any atom is -0.481 e. The molecule has 34 heavy (non-hydrogen) atoms. The first-order valence-corrected chi connectivity index (χ1v) is 13.9. The van der Waals surface area contributed by atoms with E-state index in [4.69, 9.17) is 0 Å². The first kappa shape index (κ1) is 26.1. The van der Waals surface area contributed by atoms with Gasteiger partial charge in [-0.3, -0.25) is 9.59 Å². The van der Waals surface area contributed by atoms with Crippen LogP contribution in [0.3, 0.4) is 0 Å². The minimum atomic E-state index is -1.23. The summed E-state index contributed by atoms with van der Waals surface area (Å²) in [6.45, 7) is 10.5. The molecule has 5 heteroatoms. The standard InChI is InChI=1S/C29H48O5/c1-18(6-11-24(30)26(2,3)33)21-9-10-22-20-8-7-19-16-29(34,17-25(31)32)15-14-27(19,4)23(20)12-13-28(21,22)5/h18-23,33-34H,6-17H2,1-5H3,(H,31,32)/t18-,19-,20+,21-,22+,23+,27+,28-,29-/m1/s1. The van der Waals surface area contributed by atoms with Gasteiger partial charge in [-0.2, -0.15) is 0 Å². The highest BCUT2D eigenvalue weighted by molar-refractivity contribution is 5.86. The third-order valence-corrected chi connectivity index (χ3v) is 11.6. The van der Waals surface area contributed by atoms with Gasteiger partial charge in [0, 0.05) is 6.42 Å². The molecule has 0 amide bonds. The fourth-order valence-electron chi connectivity index (χ4n) is 9.61. The van der Waals surface area contributed by atoms with Gasteiger partial charge in [-0.15, -0.1) is 0 Å². The van der Waals surface area contributed by atoms with Crippen molar-refractivity contribution in [2.45, 2.75) is 123 Å². The topological polar surface area (TPSA) is 94.8 Å². The van der Waals surface area contributed by atoms with Crippen molar-refractivity contribution in [2.24, 2.45) is 46.3 Å². The molecule has 0 aromatic rings. The van der Waals surface area contributed by atoms with Crippen molar-refractivity contribution in [3.05, 3.63) is 0 Å². The second kappa shape index (κ2) is 8.87. The number of carbonyl (C=O) groups excluding carboxylic acids is 1. The van der Waals surface area contributed by atoms with Crippen molar-refractivity contribution >= 4 is 11.8 Å². The summed E-state index contributed by atoms with van der Waals surface area (Å²) < 4.78 is 0. The smallest absolute Gasteiger partial charge is 0.306 e. The maximum Gasteiger partial charge on any atom is 0.306 e. The summed E-state index contributed by atoms with van der Waals surface area (Å²) in [5, 5.41) is 30.3. The third-order valence-electron chi connectivity index (χ3n) is 11.6. The lowest BCUT2D eigenvalue weighted by Gasteiger charge is -2.62. The Labute approximate surface area is 206 Å². The van der Waals surface area contributed by atoms with Gasteiger partial charge in [0.1, 0.15) is 5.60 Å². The molecule has 0 bridgehead atoms. The van der Waals surface area contributed by atoms with Gasteiger partial charge in [0.2, 0.25) is 0 Å². The number of ketones is 1. The molecule has 4 aliphatic rings. The maximum absolute atomic E-state index is 12.3. The molecule has 4 saturated carbocycles. The summed E-state index contributed by atoms with van der Waals surface area (Å²) >= 11 is 0. The predicted molar refractivity (Wildman–Crippen MR) is 132 cm³/mol. The van der Waals surface area contributed by atoms with E-state index in [1.54, 1.807) is 13.8 Å². The summed E-state index contributed by atoms with van der Waals surface area (Å²) in [5.74, 6) is 2.79. The minimum absolute atomic E-state index is 0.0471. The lowest BCUT2D eigenvalue weighted by molar-refractivity contribution is -0.164. The molecular formula is C29H48O5. The molecule has 0 aromatic heterocycles. The number of hydrogen-bond donors (Lipinski definition) is 3. The number of carboxylic acid groups (broad SMARTS) is 1. The van der Waals surface area contributed by atoms with E-state index in [0.717, 1.165) is 31.1 Å². The number of carbonyl (C=O) groups is 2. The monoisotopic (exact) mass is 476 g/mol. The first-order chi connectivity index (χ1) is 15.7. The van der Waals surface area contributed by atoms with Crippen LogP contribution >= 0.6 is 0 Å². The molecule has 9 atom stereocenters. The normalized spacial score (nSPS) is 45.1. The largest absolute Gasteiger partial charge is 0.481 e. The van der Waals surface area contributed by atoms with Crippen LogP contribution in [0.25, 0.3) is 0 Å². The Hall–Kier alpha value is -0.940. The highest BCUT2D eigenvalue weighted by Gasteiger charge is 2.61. The molecule has 0 heterocycles. The van der Waals surface area contributed by atoms with E-state index in [0.29, 0.717) is 48.3 Å². The second-order valence-electron chi connectivity index (χ2n) is 13.9. The molecule has 5 nitrogen and oxygen atoms in total. The van der Waals surface area contributed by atoms with E-state index in [2.05, 4.69) is 20.8 Å². The summed E-state index contributed by atoms with van der Waals surface area (Å²) in [5.41, 5.74) is -1.71. The van der Waals surface area contributed by atoms with Crippen LogP contribution in [0.2, 0.25) is 0 Å². The molecule has 4 fully saturated rings. The van der Waals surface area contributed by atoms with Crippen LogP contribution in [0.5, 0.6) is 0 Å². The molecule has 0 unspecified atom stereocenters. The molecule has 4 aliphatic carbocycles. The van der Waals surface area contributed by atoms with Crippen LogP contribution in [0.15, 0.2) is 0 Å². The number of Topliss-reactive ketones (excluding diaryl/α,β-unsaturated/α-hetero) is 1. The quantitative estimate of drug-likeness (QED) is 0.444. The summed E-state index contributed by atoms with van der Waals surface area (Å²) in [6, 6.07) is 0. The van der Waals surface area contributed by atoms with Crippen molar-refractivity contribution < 1.29 is 24.9 Å². The van der Waals surface area contributed by atoms with Crippen molar-refractivity contribution in [2.75, 3.05) is 0 Å². The molecule has 0 saturated heterocycles. The van der Waals surface area contributed by atoms with Gasteiger partial charge < -0.3 is 15.3 Å². The second-order valence-corrected chi connectivity index (χ2v) is 13.9. The van der Waals surface area contributed by atoms with Crippen molar-refractivity contribution in [1.29, 1.82) is 0 Å². The number of fused-ring (bicyclic) bond motifs is 5. The van der Waals surface area contributed by atoms with E-state index in [9.17, 15) is 24.9 Å². The Balaban J connectivity index is 1.45. The molecule has 4 rings (SSSR count). The third kappa shape index (κ3) is 4.49. The SMILES string of the molecule is C[C@H](CCC(=O)C(C)(C)O)[C@H]1CC[C@H]2[C@@H]3CC[C@@H]4C[C@@](O)(CC(=O)O)CC[C@]4(C)[C@H]3CC[C@]12C. The van der Waals surface area contributed by atoms with Gasteiger partial charge in [0.25, 0.3) is 0 Å². The highest BCUT2D eigenvalue weighted by Crippen LogP contribution is 2.69. The fourth-order valence-corrected chi connectivity index (χ4v) is 9.61. The van der Waals surface area contributed by atoms with Crippen LogP contribution < -0.4 is 0 Å². The van der Waals surface area contributed by atoms with Gasteiger partial charge in [-0.05, 0) is 124 Å². The lowest BCUT2D eigenvalue weighted by Crippen LogP contribution is -2.56. The zero-order valence-corrected chi connectivity index (χ0v) is 22.1. The fraction of sp³-hybridized carbons (Fsp3) is 0.931. The number of rotatable bonds is 7. The van der Waals surface area contributed by atoms with Gasteiger partial charge in [0.15, 0.2) is 5.78 Å². The molecule has 0 spiro atoms. The predicted octanol–water partition coefficient (Wildman–Crippen LogP) is 5.61. The Kier molecular flexibility index (Phi) is 6.82. The van der Waals surface area contributed by atoms with E-state index in [1.165, 1.54) is 32.1 Å². The summed E-state index contributed by atoms with van der Waals surface area (Å²) in [7, 11) is 0. The average molecular weight is 477 g/mol. The first-order valence-electron chi connectivity index (χ1n) is 13.9. The lowest BCUT2D eigenvalue weighted by atomic mass is 9.43. The molecule has 0 aromatic carbocycles. The molecule has 0 aliphatic heterocycles. The number of hydrogen-bond acceptors (Lipinski definition) is 4. The van der Waals surface area contributed by atoms with Crippen LogP contribution in [0, 0.1) is 46.3 Å². The summed E-state index contributed by atoms with van der Waals surface area (Å²) in [6.07, 6.45) is 10.8. The number of aliphatic carboxylic acids is 1. The molecule has 3 N–H and O–H groups in total. The highest BCUT2D eigenvalue weighted by atomic mass is 16.4. The van der Waals surface area contributed by atoms with Gasteiger partial charge in [0.05, 0.1) is 12.0 Å². The maximum atomic E-state index is 12.3. The Morgan fingerprint density at radius 3 is 2.29 bits per heavy atom. The Morgan fingerprint density at radius 2 is 1.65 bits per heavy atom. The van der Waals surface area contributed by atoms with Crippen LogP contribution in [-0.4, -0.2) is 38.3 Å². The number of aliphatic hydroxyl groups is 2. The zero-order chi connectivity index (χ0) is 25.1. The average Bonchev–Trinajstić information content (AvgIpc) is 3.08. The molecular weight excluding hydrogens is 428 g/mol. The van der Waals surface area contributed by atoms with Crippen molar-refractivity contribution in [3.63, 3.8) is 0 Å². The van der Waals surface area contributed by atoms with Crippen LogP contribution in [-0.2, 0) is 9.59 Å². The van der Waals surface area contributed by atoms with Gasteiger partial charge in [-0.1, -0.05) is 20.8 Å². The van der Waals surface area contributed by atoms with E-state index in [-0.39, 0.29) is 17.6 Å². The van der Waals surface area contributed by atoms with Gasteiger partial charge >= 0.3 is 5.97 Å².